The van der Waals surface area contributed by atoms with Crippen molar-refractivity contribution in [3.05, 3.63) is 29.8 Å². The van der Waals surface area contributed by atoms with Crippen molar-refractivity contribution >= 4 is 12.0 Å². The molecule has 0 aliphatic carbocycles. The van der Waals surface area contributed by atoms with Crippen LogP contribution in [0.2, 0.25) is 0 Å². The van der Waals surface area contributed by atoms with Crippen LogP contribution in [0.15, 0.2) is 24.3 Å². The summed E-state index contributed by atoms with van der Waals surface area (Å²) >= 11 is 0. The highest BCUT2D eigenvalue weighted by Gasteiger charge is 2.03. The fraction of sp³-hybridized carbons (Fsp3) is 0.364. The lowest BCUT2D eigenvalue weighted by Gasteiger charge is -2.23. The van der Waals surface area contributed by atoms with Crippen LogP contribution >= 0.6 is 0 Å². The van der Waals surface area contributed by atoms with Crippen molar-refractivity contribution in [1.29, 1.82) is 0 Å². The number of carbonyl (C=O) groups excluding carboxylic acids is 1. The van der Waals surface area contributed by atoms with Crippen LogP contribution in [-0.2, 0) is 0 Å². The van der Waals surface area contributed by atoms with Gasteiger partial charge in [0, 0.05) is 24.3 Å². The number of benzene rings is 1. The second kappa shape index (κ2) is 4.08. The number of rotatable bonds is 3. The summed E-state index contributed by atoms with van der Waals surface area (Å²) < 4.78 is 0. The zero-order valence-electron chi connectivity index (χ0n) is 8.32. The van der Waals surface area contributed by atoms with E-state index in [4.69, 9.17) is 0 Å². The first-order chi connectivity index (χ1) is 6.15. The number of hydrogen-bond donors (Lipinski definition) is 0. The van der Waals surface area contributed by atoms with E-state index in [1.807, 2.05) is 31.3 Å². The van der Waals surface area contributed by atoms with Crippen LogP contribution in [0.4, 0.5) is 5.69 Å². The van der Waals surface area contributed by atoms with E-state index in [0.717, 1.165) is 17.5 Å². The lowest BCUT2D eigenvalue weighted by Crippen LogP contribution is -2.25. The standard InChI is InChI=1S/C11H15NO/c1-9(2)12(3)11-6-4-10(8-13)5-7-11/h4-9H,1-3H3. The predicted molar refractivity (Wildman–Crippen MR) is 55.4 cm³/mol. The molecule has 0 aliphatic rings. The van der Waals surface area contributed by atoms with Crippen LogP contribution in [-0.4, -0.2) is 19.4 Å². The first-order valence-corrected chi connectivity index (χ1v) is 4.43. The topological polar surface area (TPSA) is 20.3 Å². The van der Waals surface area contributed by atoms with Crippen LogP contribution in [0.3, 0.4) is 0 Å². The van der Waals surface area contributed by atoms with Crippen LogP contribution in [0.5, 0.6) is 0 Å². The second-order valence-corrected chi connectivity index (χ2v) is 3.41. The van der Waals surface area contributed by atoms with Crippen molar-refractivity contribution in [1.82, 2.24) is 0 Å². The summed E-state index contributed by atoms with van der Waals surface area (Å²) in [5.41, 5.74) is 1.86. The van der Waals surface area contributed by atoms with Crippen molar-refractivity contribution in [2.24, 2.45) is 0 Å². The van der Waals surface area contributed by atoms with E-state index < -0.39 is 0 Å². The molecule has 0 saturated carbocycles. The summed E-state index contributed by atoms with van der Waals surface area (Å²) in [4.78, 5) is 12.6. The molecule has 13 heavy (non-hydrogen) atoms. The third kappa shape index (κ3) is 2.31. The first-order valence-electron chi connectivity index (χ1n) is 4.43. The molecule has 0 N–H and O–H groups in total. The molecule has 0 atom stereocenters. The molecular weight excluding hydrogens is 162 g/mol. The van der Waals surface area contributed by atoms with Gasteiger partial charge in [-0.05, 0) is 38.1 Å². The molecule has 0 saturated heterocycles. The molecule has 70 valence electrons. The fourth-order valence-corrected chi connectivity index (χ4v) is 1.09. The predicted octanol–water partition coefficient (Wildman–Crippen LogP) is 2.34. The van der Waals surface area contributed by atoms with E-state index in [2.05, 4.69) is 18.7 Å². The molecule has 0 aromatic heterocycles. The van der Waals surface area contributed by atoms with Crippen molar-refractivity contribution in [2.45, 2.75) is 19.9 Å². The second-order valence-electron chi connectivity index (χ2n) is 3.41. The first kappa shape index (κ1) is 9.78. The van der Waals surface area contributed by atoms with Crippen molar-refractivity contribution in [2.75, 3.05) is 11.9 Å². The summed E-state index contributed by atoms with van der Waals surface area (Å²) in [6, 6.07) is 8.07. The molecule has 0 radical (unpaired) electrons. The van der Waals surface area contributed by atoms with Gasteiger partial charge in [0.05, 0.1) is 0 Å². The summed E-state index contributed by atoms with van der Waals surface area (Å²) in [6.07, 6.45) is 0.860. The van der Waals surface area contributed by atoms with Gasteiger partial charge in [-0.15, -0.1) is 0 Å². The molecule has 1 rings (SSSR count). The molecule has 0 bridgehead atoms. The van der Waals surface area contributed by atoms with E-state index >= 15 is 0 Å². The largest absolute Gasteiger partial charge is 0.372 e. The maximum absolute atomic E-state index is 10.4. The van der Waals surface area contributed by atoms with Crippen LogP contribution in [0.1, 0.15) is 24.2 Å². The highest BCUT2D eigenvalue weighted by Crippen LogP contribution is 2.14. The minimum atomic E-state index is 0.474. The van der Waals surface area contributed by atoms with Gasteiger partial charge in [0.1, 0.15) is 6.29 Å². The molecule has 2 heteroatoms. The van der Waals surface area contributed by atoms with Crippen molar-refractivity contribution in [3.63, 3.8) is 0 Å². The van der Waals surface area contributed by atoms with Gasteiger partial charge in [-0.2, -0.15) is 0 Å². The number of nitrogens with zero attached hydrogens (tertiary/aromatic N) is 1. The number of aldehydes is 1. The van der Waals surface area contributed by atoms with Crippen molar-refractivity contribution in [3.8, 4) is 0 Å². The van der Waals surface area contributed by atoms with Gasteiger partial charge in [-0.25, -0.2) is 0 Å². The summed E-state index contributed by atoms with van der Waals surface area (Å²) in [5, 5.41) is 0. The average Bonchev–Trinajstić information content (AvgIpc) is 2.17. The van der Waals surface area contributed by atoms with Crippen LogP contribution < -0.4 is 4.90 Å². The SMILES string of the molecule is CC(C)N(C)c1ccc(C=O)cc1. The summed E-state index contributed by atoms with van der Waals surface area (Å²) in [7, 11) is 2.04. The third-order valence-corrected chi connectivity index (χ3v) is 2.21. The Kier molecular flexibility index (Phi) is 3.07. The summed E-state index contributed by atoms with van der Waals surface area (Å²) in [5.74, 6) is 0. The quantitative estimate of drug-likeness (QED) is 0.660. The maximum atomic E-state index is 10.4. The molecule has 0 spiro atoms. The van der Waals surface area contributed by atoms with Gasteiger partial charge in [-0.3, -0.25) is 4.79 Å². The lowest BCUT2D eigenvalue weighted by atomic mass is 10.2. The van der Waals surface area contributed by atoms with Gasteiger partial charge in [-0.1, -0.05) is 0 Å². The molecule has 0 unspecified atom stereocenters. The maximum Gasteiger partial charge on any atom is 0.150 e. The number of hydrogen-bond acceptors (Lipinski definition) is 2. The van der Waals surface area contributed by atoms with E-state index in [0.29, 0.717) is 6.04 Å². The van der Waals surface area contributed by atoms with Crippen LogP contribution in [0, 0.1) is 0 Å². The monoisotopic (exact) mass is 177 g/mol. The Morgan fingerprint density at radius 3 is 2.15 bits per heavy atom. The molecular formula is C11H15NO. The van der Waals surface area contributed by atoms with E-state index in [-0.39, 0.29) is 0 Å². The smallest absolute Gasteiger partial charge is 0.150 e. The molecule has 1 aromatic rings. The zero-order valence-corrected chi connectivity index (χ0v) is 8.32. The minimum absolute atomic E-state index is 0.474. The molecule has 2 nitrogen and oxygen atoms in total. The molecule has 0 heterocycles. The third-order valence-electron chi connectivity index (χ3n) is 2.21. The summed E-state index contributed by atoms with van der Waals surface area (Å²) in [6.45, 7) is 4.27. The Morgan fingerprint density at radius 1 is 1.23 bits per heavy atom. The highest BCUT2D eigenvalue weighted by atomic mass is 16.1. The van der Waals surface area contributed by atoms with Gasteiger partial charge < -0.3 is 4.90 Å². The number of carbonyl (C=O) groups is 1. The average molecular weight is 177 g/mol. The van der Waals surface area contributed by atoms with Gasteiger partial charge in [0.2, 0.25) is 0 Å². The fourth-order valence-electron chi connectivity index (χ4n) is 1.09. The van der Waals surface area contributed by atoms with E-state index in [9.17, 15) is 4.79 Å². The molecule has 0 aliphatic heterocycles. The van der Waals surface area contributed by atoms with Crippen molar-refractivity contribution < 1.29 is 4.79 Å². The van der Waals surface area contributed by atoms with E-state index in [1.165, 1.54) is 0 Å². The Morgan fingerprint density at radius 2 is 1.77 bits per heavy atom. The molecule has 1 aromatic carbocycles. The van der Waals surface area contributed by atoms with E-state index in [1.54, 1.807) is 0 Å². The van der Waals surface area contributed by atoms with Gasteiger partial charge in [0.15, 0.2) is 0 Å². The highest BCUT2D eigenvalue weighted by molar-refractivity contribution is 5.75. The Bertz CT molecular complexity index is 277. The molecule has 0 amide bonds. The minimum Gasteiger partial charge on any atom is -0.372 e. The van der Waals surface area contributed by atoms with Crippen LogP contribution in [0.25, 0.3) is 0 Å². The van der Waals surface area contributed by atoms with Gasteiger partial charge >= 0.3 is 0 Å². The number of anilines is 1. The molecule has 0 fully saturated rings. The Hall–Kier alpha value is -1.31. The Balaban J connectivity index is 2.85. The van der Waals surface area contributed by atoms with Gasteiger partial charge in [0.25, 0.3) is 0 Å². The lowest BCUT2D eigenvalue weighted by molar-refractivity contribution is 0.112. The Labute approximate surface area is 79.2 Å². The normalized spacial score (nSPS) is 10.2. The zero-order chi connectivity index (χ0) is 9.84.